The Bertz CT molecular complexity index is 1430. The number of hydrogen-bond acceptors (Lipinski definition) is 9. The zero-order valence-electron chi connectivity index (χ0n) is 19.5. The standard InChI is InChI=1S/C23H24F2N8O3/c1-11(2)18-14(22-31-32-23(36-22)26-5-6-34)9-33-19(18)20(27-10-28-33)30-17-7-13(15(24)8-16(17)25)21(35)29-12-3-4-12/h7-12,34H,3-6H2,1-2H3,(H,26,32)(H,29,35)(H,27,28,30). The topological polar surface area (TPSA) is 142 Å². The molecular weight excluding hydrogens is 474 g/mol. The first-order valence-corrected chi connectivity index (χ1v) is 11.5. The second-order valence-electron chi connectivity index (χ2n) is 8.76. The summed E-state index contributed by atoms with van der Waals surface area (Å²) in [5, 5.41) is 29.7. The van der Waals surface area contributed by atoms with Crippen molar-refractivity contribution in [3.05, 3.63) is 47.4 Å². The van der Waals surface area contributed by atoms with Gasteiger partial charge in [-0.1, -0.05) is 18.9 Å². The van der Waals surface area contributed by atoms with Crippen LogP contribution in [0.25, 0.3) is 17.0 Å². The SMILES string of the molecule is CC(C)c1c(-c2nnc(NCCO)o2)cn2ncnc(Nc3cc(C(=O)NC4CC4)c(F)cc3F)c12. The number of hydrogen-bond donors (Lipinski definition) is 4. The average molecular weight is 498 g/mol. The summed E-state index contributed by atoms with van der Waals surface area (Å²) in [6.07, 6.45) is 4.65. The van der Waals surface area contributed by atoms with Gasteiger partial charge in [-0.15, -0.1) is 5.10 Å². The van der Waals surface area contributed by atoms with Gasteiger partial charge in [0, 0.05) is 24.8 Å². The fraction of sp³-hybridized carbons (Fsp3) is 0.348. The van der Waals surface area contributed by atoms with Gasteiger partial charge in [0.15, 0.2) is 5.82 Å². The molecule has 0 aliphatic heterocycles. The Morgan fingerprint density at radius 3 is 2.78 bits per heavy atom. The number of nitrogens with one attached hydrogen (secondary N) is 3. The monoisotopic (exact) mass is 498 g/mol. The molecule has 0 spiro atoms. The Morgan fingerprint density at radius 1 is 1.25 bits per heavy atom. The van der Waals surface area contributed by atoms with E-state index in [-0.39, 0.29) is 54.1 Å². The zero-order valence-corrected chi connectivity index (χ0v) is 19.5. The van der Waals surface area contributed by atoms with Crippen molar-refractivity contribution in [2.24, 2.45) is 0 Å². The van der Waals surface area contributed by atoms with Crippen LogP contribution in [0.5, 0.6) is 0 Å². The van der Waals surface area contributed by atoms with Gasteiger partial charge in [0.25, 0.3) is 11.8 Å². The summed E-state index contributed by atoms with van der Waals surface area (Å²) in [6, 6.07) is 1.99. The van der Waals surface area contributed by atoms with Crippen LogP contribution in [-0.2, 0) is 0 Å². The average Bonchev–Trinajstić information content (AvgIpc) is 3.37. The molecule has 1 aliphatic carbocycles. The van der Waals surface area contributed by atoms with Crippen LogP contribution in [0.15, 0.2) is 29.1 Å². The van der Waals surface area contributed by atoms with Crippen LogP contribution in [0.4, 0.5) is 26.3 Å². The molecule has 3 heterocycles. The van der Waals surface area contributed by atoms with Crippen LogP contribution in [0, 0.1) is 11.6 Å². The Morgan fingerprint density at radius 2 is 2.06 bits per heavy atom. The highest BCUT2D eigenvalue weighted by atomic mass is 19.1. The van der Waals surface area contributed by atoms with E-state index in [1.165, 1.54) is 6.33 Å². The molecule has 0 radical (unpaired) electrons. The molecule has 5 rings (SSSR count). The van der Waals surface area contributed by atoms with Crippen LogP contribution in [0.1, 0.15) is 48.5 Å². The Balaban J connectivity index is 1.55. The maximum Gasteiger partial charge on any atom is 0.315 e. The normalized spacial score (nSPS) is 13.4. The zero-order chi connectivity index (χ0) is 25.4. The summed E-state index contributed by atoms with van der Waals surface area (Å²) in [5.74, 6) is -2.00. The number of anilines is 3. The summed E-state index contributed by atoms with van der Waals surface area (Å²) in [7, 11) is 0. The van der Waals surface area contributed by atoms with Crippen molar-refractivity contribution in [1.82, 2.24) is 30.1 Å². The molecule has 1 saturated carbocycles. The van der Waals surface area contributed by atoms with Crippen molar-refractivity contribution in [2.75, 3.05) is 23.8 Å². The van der Waals surface area contributed by atoms with Crippen molar-refractivity contribution < 1.29 is 23.1 Å². The molecular formula is C23H24F2N8O3. The molecule has 36 heavy (non-hydrogen) atoms. The first-order chi connectivity index (χ1) is 17.4. The van der Waals surface area contributed by atoms with Crippen LogP contribution < -0.4 is 16.0 Å². The van der Waals surface area contributed by atoms with Gasteiger partial charge in [-0.2, -0.15) is 5.10 Å². The summed E-state index contributed by atoms with van der Waals surface area (Å²) in [4.78, 5) is 16.7. The van der Waals surface area contributed by atoms with E-state index in [2.05, 4.69) is 36.2 Å². The van der Waals surface area contributed by atoms with Gasteiger partial charge in [0.05, 0.1) is 23.4 Å². The smallest absolute Gasteiger partial charge is 0.315 e. The van der Waals surface area contributed by atoms with Gasteiger partial charge in [-0.05, 0) is 30.4 Å². The molecule has 1 aromatic carbocycles. The number of halogens is 2. The third-order valence-electron chi connectivity index (χ3n) is 5.70. The molecule has 3 aromatic heterocycles. The number of fused-ring (bicyclic) bond motifs is 1. The molecule has 0 unspecified atom stereocenters. The number of amides is 1. The number of benzene rings is 1. The van der Waals surface area contributed by atoms with Crippen molar-refractivity contribution in [3.63, 3.8) is 0 Å². The minimum atomic E-state index is -0.945. The van der Waals surface area contributed by atoms with Gasteiger partial charge in [-0.25, -0.2) is 18.3 Å². The Labute approximate surface area is 203 Å². The van der Waals surface area contributed by atoms with Crippen molar-refractivity contribution in [2.45, 2.75) is 38.6 Å². The molecule has 1 amide bonds. The Kier molecular flexibility index (Phi) is 6.22. The van der Waals surface area contributed by atoms with E-state index < -0.39 is 17.5 Å². The largest absolute Gasteiger partial charge is 0.403 e. The van der Waals surface area contributed by atoms with Gasteiger partial charge >= 0.3 is 6.01 Å². The molecule has 4 aromatic rings. The number of rotatable bonds is 9. The molecule has 0 bridgehead atoms. The lowest BCUT2D eigenvalue weighted by molar-refractivity contribution is 0.0947. The molecule has 0 atom stereocenters. The van der Waals surface area contributed by atoms with E-state index in [1.54, 1.807) is 10.7 Å². The minimum Gasteiger partial charge on any atom is -0.403 e. The summed E-state index contributed by atoms with van der Waals surface area (Å²) < 4.78 is 36.4. The highest BCUT2D eigenvalue weighted by Crippen LogP contribution is 2.37. The Hall–Kier alpha value is -4.13. The molecule has 0 saturated heterocycles. The predicted molar refractivity (Wildman–Crippen MR) is 126 cm³/mol. The number of aliphatic hydroxyl groups is 1. The van der Waals surface area contributed by atoms with E-state index in [0.29, 0.717) is 17.1 Å². The van der Waals surface area contributed by atoms with E-state index in [0.717, 1.165) is 24.5 Å². The summed E-state index contributed by atoms with van der Waals surface area (Å²) in [5.41, 5.74) is 1.51. The highest BCUT2D eigenvalue weighted by Gasteiger charge is 2.27. The fourth-order valence-electron chi connectivity index (χ4n) is 3.88. The lowest BCUT2D eigenvalue weighted by atomic mass is 10.00. The van der Waals surface area contributed by atoms with Crippen LogP contribution in [-0.4, -0.2) is 55.0 Å². The molecule has 1 fully saturated rings. The minimum absolute atomic E-state index is 0.0247. The molecule has 4 N–H and O–H groups in total. The number of aliphatic hydroxyl groups excluding tert-OH is 1. The maximum absolute atomic E-state index is 14.7. The van der Waals surface area contributed by atoms with E-state index in [4.69, 9.17) is 9.52 Å². The van der Waals surface area contributed by atoms with Crippen molar-refractivity contribution in [3.8, 4) is 11.5 Å². The maximum atomic E-state index is 14.7. The third-order valence-corrected chi connectivity index (χ3v) is 5.70. The first kappa shape index (κ1) is 23.6. The van der Waals surface area contributed by atoms with Gasteiger partial charge in [-0.3, -0.25) is 4.79 Å². The van der Waals surface area contributed by atoms with Crippen LogP contribution in [0.3, 0.4) is 0 Å². The number of aromatic nitrogens is 5. The second-order valence-corrected chi connectivity index (χ2v) is 8.76. The predicted octanol–water partition coefficient (Wildman–Crippen LogP) is 3.22. The first-order valence-electron chi connectivity index (χ1n) is 11.5. The lowest BCUT2D eigenvalue weighted by Crippen LogP contribution is -2.26. The van der Waals surface area contributed by atoms with E-state index in [1.807, 2.05) is 13.8 Å². The molecule has 188 valence electrons. The van der Waals surface area contributed by atoms with Gasteiger partial charge in [0.1, 0.15) is 23.5 Å². The van der Waals surface area contributed by atoms with Gasteiger partial charge < -0.3 is 25.5 Å². The molecule has 13 heteroatoms. The second kappa shape index (κ2) is 9.49. The van der Waals surface area contributed by atoms with Crippen molar-refractivity contribution >= 4 is 28.9 Å². The summed E-state index contributed by atoms with van der Waals surface area (Å²) >= 11 is 0. The number of carbonyl (C=O) groups is 1. The van der Waals surface area contributed by atoms with Crippen LogP contribution >= 0.6 is 0 Å². The van der Waals surface area contributed by atoms with Crippen molar-refractivity contribution in [1.29, 1.82) is 0 Å². The third kappa shape index (κ3) is 4.56. The molecule has 1 aliphatic rings. The van der Waals surface area contributed by atoms with Gasteiger partial charge in [0.2, 0.25) is 0 Å². The highest BCUT2D eigenvalue weighted by molar-refractivity contribution is 5.96. The lowest BCUT2D eigenvalue weighted by Gasteiger charge is -2.13. The van der Waals surface area contributed by atoms with E-state index >= 15 is 0 Å². The number of nitrogens with zero attached hydrogens (tertiary/aromatic N) is 5. The summed E-state index contributed by atoms with van der Waals surface area (Å²) in [6.45, 7) is 4.06. The quantitative estimate of drug-likeness (QED) is 0.274. The number of carbonyl (C=O) groups excluding carboxylic acids is 1. The van der Waals surface area contributed by atoms with E-state index in [9.17, 15) is 13.6 Å². The molecule has 11 nitrogen and oxygen atoms in total. The van der Waals surface area contributed by atoms with Crippen LogP contribution in [0.2, 0.25) is 0 Å². The fourth-order valence-corrected chi connectivity index (χ4v) is 3.88.